The number of nitrogens with zero attached hydrogens (tertiary/aromatic N) is 2. The number of hydrogen-bond acceptors (Lipinski definition) is 5. The highest BCUT2D eigenvalue weighted by Gasteiger charge is 2.40. The molecule has 0 radical (unpaired) electrons. The Labute approximate surface area is 193 Å². The maximum atomic E-state index is 13.2. The van der Waals surface area contributed by atoms with E-state index in [1.165, 1.54) is 0 Å². The zero-order chi connectivity index (χ0) is 22.8. The lowest BCUT2D eigenvalue weighted by Crippen LogP contribution is -2.47. The average molecular weight is 451 g/mol. The Kier molecular flexibility index (Phi) is 6.00. The Morgan fingerprint density at radius 2 is 1.67 bits per heavy atom. The highest BCUT2D eigenvalue weighted by Crippen LogP contribution is 2.32. The van der Waals surface area contributed by atoms with E-state index in [1.807, 2.05) is 35.2 Å². The molecule has 7 nitrogen and oxygen atoms in total. The third kappa shape index (κ3) is 4.43. The van der Waals surface area contributed by atoms with Gasteiger partial charge in [0.15, 0.2) is 5.79 Å². The summed E-state index contributed by atoms with van der Waals surface area (Å²) >= 11 is 0. The Morgan fingerprint density at radius 1 is 1.00 bits per heavy atom. The van der Waals surface area contributed by atoms with Gasteiger partial charge in [0.2, 0.25) is 5.91 Å². The number of carbonyl (C=O) groups is 1. The van der Waals surface area contributed by atoms with Gasteiger partial charge in [0, 0.05) is 55.6 Å². The quantitative estimate of drug-likeness (QED) is 0.574. The number of carbonyl (C=O) groups excluding carboxylic acids is 1. The van der Waals surface area contributed by atoms with Crippen LogP contribution in [0.15, 0.2) is 48.7 Å². The summed E-state index contributed by atoms with van der Waals surface area (Å²) in [6, 6.07) is 14.1. The van der Waals surface area contributed by atoms with E-state index in [0.717, 1.165) is 46.4 Å². The molecule has 1 spiro atoms. The summed E-state index contributed by atoms with van der Waals surface area (Å²) in [5.41, 5.74) is 3.22. The Hall–Kier alpha value is -3.03. The first-order chi connectivity index (χ1) is 16.1. The van der Waals surface area contributed by atoms with Crippen molar-refractivity contribution in [1.82, 2.24) is 9.47 Å². The van der Waals surface area contributed by atoms with Gasteiger partial charge in [0.1, 0.15) is 11.5 Å². The van der Waals surface area contributed by atoms with Crippen LogP contribution < -0.4 is 9.47 Å². The van der Waals surface area contributed by atoms with Crippen LogP contribution in [0, 0.1) is 0 Å². The second-order valence-electron chi connectivity index (χ2n) is 8.69. The number of para-hydroxylation sites is 1. The van der Waals surface area contributed by atoms with Crippen LogP contribution in [0.25, 0.3) is 10.9 Å². The molecular formula is C26H30N2O5. The molecule has 2 fully saturated rings. The van der Waals surface area contributed by atoms with Crippen molar-refractivity contribution in [2.75, 3.05) is 40.5 Å². The number of ether oxygens (including phenoxy) is 4. The van der Waals surface area contributed by atoms with Crippen molar-refractivity contribution in [2.45, 2.75) is 31.6 Å². The summed E-state index contributed by atoms with van der Waals surface area (Å²) in [4.78, 5) is 15.1. The zero-order valence-corrected chi connectivity index (χ0v) is 19.2. The summed E-state index contributed by atoms with van der Waals surface area (Å²) in [5.74, 6) is 1.20. The van der Waals surface area contributed by atoms with Gasteiger partial charge < -0.3 is 28.4 Å². The van der Waals surface area contributed by atoms with E-state index in [2.05, 4.69) is 22.9 Å². The summed E-state index contributed by atoms with van der Waals surface area (Å²) in [5, 5.41) is 1.11. The smallest absolute Gasteiger partial charge is 0.227 e. The SMILES string of the molecule is COc1cc(Cn2cc(CC(=O)N3CCC4(CC3)OCCO4)c3ccccc32)cc(OC)c1. The lowest BCUT2D eigenvalue weighted by molar-refractivity contribution is -0.187. The molecule has 0 unspecified atom stereocenters. The number of amides is 1. The zero-order valence-electron chi connectivity index (χ0n) is 19.2. The number of methoxy groups -OCH3 is 2. The van der Waals surface area contributed by atoms with Crippen LogP contribution in [-0.4, -0.2) is 61.7 Å². The molecule has 2 saturated heterocycles. The van der Waals surface area contributed by atoms with Crippen LogP contribution in [0.2, 0.25) is 0 Å². The van der Waals surface area contributed by atoms with Crippen molar-refractivity contribution in [3.05, 3.63) is 59.8 Å². The van der Waals surface area contributed by atoms with Crippen molar-refractivity contribution in [2.24, 2.45) is 0 Å². The molecule has 33 heavy (non-hydrogen) atoms. The summed E-state index contributed by atoms with van der Waals surface area (Å²) in [6.07, 6.45) is 3.95. The molecule has 1 amide bonds. The number of piperidine rings is 1. The fourth-order valence-electron chi connectivity index (χ4n) is 4.91. The van der Waals surface area contributed by atoms with Crippen molar-refractivity contribution < 1.29 is 23.7 Å². The maximum absolute atomic E-state index is 13.2. The van der Waals surface area contributed by atoms with E-state index in [0.29, 0.717) is 39.3 Å². The minimum Gasteiger partial charge on any atom is -0.497 e. The second-order valence-corrected chi connectivity index (χ2v) is 8.69. The van der Waals surface area contributed by atoms with Gasteiger partial charge in [-0.3, -0.25) is 4.79 Å². The Balaban J connectivity index is 1.35. The van der Waals surface area contributed by atoms with Crippen LogP contribution in [0.5, 0.6) is 11.5 Å². The molecule has 3 aromatic rings. The first kappa shape index (κ1) is 21.8. The fourth-order valence-corrected chi connectivity index (χ4v) is 4.91. The number of likely N-dealkylation sites (tertiary alicyclic amines) is 1. The molecule has 0 atom stereocenters. The van der Waals surface area contributed by atoms with Gasteiger partial charge in [0.25, 0.3) is 0 Å². The molecule has 0 bridgehead atoms. The van der Waals surface area contributed by atoms with Gasteiger partial charge >= 0.3 is 0 Å². The van der Waals surface area contributed by atoms with Crippen LogP contribution in [-0.2, 0) is 27.2 Å². The van der Waals surface area contributed by atoms with Gasteiger partial charge in [0.05, 0.1) is 33.9 Å². The normalized spacial score (nSPS) is 17.6. The number of rotatable bonds is 6. The number of benzene rings is 2. The number of aromatic nitrogens is 1. The molecule has 0 saturated carbocycles. The van der Waals surface area contributed by atoms with Gasteiger partial charge in [-0.2, -0.15) is 0 Å². The predicted molar refractivity (Wildman–Crippen MR) is 125 cm³/mol. The van der Waals surface area contributed by atoms with E-state index >= 15 is 0 Å². The third-order valence-electron chi connectivity index (χ3n) is 6.67. The molecule has 2 aliphatic rings. The van der Waals surface area contributed by atoms with Crippen LogP contribution in [0.1, 0.15) is 24.0 Å². The lowest BCUT2D eigenvalue weighted by Gasteiger charge is -2.37. The molecule has 0 N–H and O–H groups in total. The monoisotopic (exact) mass is 450 g/mol. The summed E-state index contributed by atoms with van der Waals surface area (Å²) < 4.78 is 24.6. The predicted octanol–water partition coefficient (Wildman–Crippen LogP) is 3.61. The van der Waals surface area contributed by atoms with E-state index in [4.69, 9.17) is 18.9 Å². The number of hydrogen-bond donors (Lipinski definition) is 0. The molecule has 2 aromatic carbocycles. The lowest BCUT2D eigenvalue weighted by atomic mass is 10.0. The Morgan fingerprint density at radius 3 is 2.33 bits per heavy atom. The minimum absolute atomic E-state index is 0.147. The average Bonchev–Trinajstić information content (AvgIpc) is 3.44. The van der Waals surface area contributed by atoms with Crippen molar-refractivity contribution >= 4 is 16.8 Å². The van der Waals surface area contributed by atoms with E-state index in [-0.39, 0.29) is 5.91 Å². The molecular weight excluding hydrogens is 420 g/mol. The summed E-state index contributed by atoms with van der Waals surface area (Å²) in [7, 11) is 3.31. The van der Waals surface area contributed by atoms with E-state index in [9.17, 15) is 4.79 Å². The van der Waals surface area contributed by atoms with Crippen molar-refractivity contribution in [3.8, 4) is 11.5 Å². The third-order valence-corrected chi connectivity index (χ3v) is 6.67. The van der Waals surface area contributed by atoms with Crippen LogP contribution in [0.4, 0.5) is 0 Å². The topological polar surface area (TPSA) is 62.2 Å². The number of fused-ring (bicyclic) bond motifs is 1. The molecule has 0 aliphatic carbocycles. The van der Waals surface area contributed by atoms with Gasteiger partial charge in [-0.1, -0.05) is 18.2 Å². The molecule has 2 aliphatic heterocycles. The first-order valence-electron chi connectivity index (χ1n) is 11.4. The molecule has 7 heteroatoms. The minimum atomic E-state index is -0.468. The van der Waals surface area contributed by atoms with Crippen LogP contribution >= 0.6 is 0 Å². The largest absolute Gasteiger partial charge is 0.497 e. The maximum Gasteiger partial charge on any atom is 0.227 e. The van der Waals surface area contributed by atoms with Gasteiger partial charge in [-0.25, -0.2) is 0 Å². The second kappa shape index (κ2) is 9.08. The highest BCUT2D eigenvalue weighted by atomic mass is 16.7. The fraction of sp³-hybridized carbons (Fsp3) is 0.423. The van der Waals surface area contributed by atoms with Crippen molar-refractivity contribution in [1.29, 1.82) is 0 Å². The molecule has 174 valence electrons. The Bertz CT molecular complexity index is 1120. The van der Waals surface area contributed by atoms with Crippen molar-refractivity contribution in [3.63, 3.8) is 0 Å². The van der Waals surface area contributed by atoms with Crippen LogP contribution in [0.3, 0.4) is 0 Å². The van der Waals surface area contributed by atoms with E-state index < -0.39 is 5.79 Å². The molecule has 5 rings (SSSR count). The highest BCUT2D eigenvalue weighted by molar-refractivity contribution is 5.89. The van der Waals surface area contributed by atoms with E-state index in [1.54, 1.807) is 14.2 Å². The first-order valence-corrected chi connectivity index (χ1v) is 11.4. The van der Waals surface area contributed by atoms with Gasteiger partial charge in [-0.15, -0.1) is 0 Å². The summed E-state index contributed by atoms with van der Waals surface area (Å²) in [6.45, 7) is 3.28. The van der Waals surface area contributed by atoms with Gasteiger partial charge in [-0.05, 0) is 29.3 Å². The molecule has 1 aromatic heterocycles. The standard InChI is InChI=1S/C26H30N2O5/c1-30-21-13-19(14-22(16-21)31-2)17-28-18-20(23-5-3-4-6-24(23)28)15-25(29)27-9-7-26(8-10-27)32-11-12-33-26/h3-6,13-14,16,18H,7-12,15,17H2,1-2H3. The molecule has 3 heterocycles.